The van der Waals surface area contributed by atoms with Crippen molar-refractivity contribution in [1.29, 1.82) is 5.26 Å². The van der Waals surface area contributed by atoms with Crippen molar-refractivity contribution in [2.75, 3.05) is 13.1 Å². The van der Waals surface area contributed by atoms with Crippen LogP contribution in [0.4, 0.5) is 0 Å². The Bertz CT molecular complexity index is 739. The number of likely N-dealkylation sites (tertiary alicyclic amines) is 1. The Balaban J connectivity index is 1.33. The van der Waals surface area contributed by atoms with Gasteiger partial charge in [0.15, 0.2) is 0 Å². The van der Waals surface area contributed by atoms with Crippen molar-refractivity contribution in [2.24, 2.45) is 0 Å². The summed E-state index contributed by atoms with van der Waals surface area (Å²) in [5.74, 6) is 0. The highest BCUT2D eigenvalue weighted by Gasteiger charge is 2.29. The SMILES string of the molecule is N#Cc1ccc(-c2cnc(OC3CCN(C4CCC4)CC3)nc2)cc1. The van der Waals surface area contributed by atoms with Gasteiger partial charge in [-0.3, -0.25) is 0 Å². The molecule has 1 aromatic heterocycles. The largest absolute Gasteiger partial charge is 0.460 e. The Kier molecular flexibility index (Phi) is 4.62. The Morgan fingerprint density at radius 2 is 1.64 bits per heavy atom. The van der Waals surface area contributed by atoms with Crippen molar-refractivity contribution in [3.05, 3.63) is 42.2 Å². The van der Waals surface area contributed by atoms with E-state index in [2.05, 4.69) is 20.9 Å². The minimum absolute atomic E-state index is 0.220. The van der Waals surface area contributed by atoms with E-state index in [4.69, 9.17) is 10.00 Å². The van der Waals surface area contributed by atoms with E-state index in [0.29, 0.717) is 11.6 Å². The van der Waals surface area contributed by atoms with Gasteiger partial charge in [-0.15, -0.1) is 0 Å². The van der Waals surface area contributed by atoms with Crippen LogP contribution in [0, 0.1) is 11.3 Å². The van der Waals surface area contributed by atoms with Crippen LogP contribution in [0.2, 0.25) is 0 Å². The van der Waals surface area contributed by atoms with Crippen molar-refractivity contribution in [1.82, 2.24) is 14.9 Å². The van der Waals surface area contributed by atoms with Gasteiger partial charge in [-0.05, 0) is 43.4 Å². The second-order valence-electron chi connectivity index (χ2n) is 6.88. The third kappa shape index (κ3) is 3.64. The molecule has 5 nitrogen and oxygen atoms in total. The number of hydrogen-bond donors (Lipinski definition) is 0. The molecule has 25 heavy (non-hydrogen) atoms. The van der Waals surface area contributed by atoms with Crippen molar-refractivity contribution < 1.29 is 4.74 Å². The molecule has 128 valence electrons. The zero-order chi connectivity index (χ0) is 17.1. The van der Waals surface area contributed by atoms with Crippen LogP contribution in [0.5, 0.6) is 6.01 Å². The van der Waals surface area contributed by atoms with Crippen molar-refractivity contribution >= 4 is 0 Å². The van der Waals surface area contributed by atoms with Gasteiger partial charge in [-0.25, -0.2) is 9.97 Å². The summed E-state index contributed by atoms with van der Waals surface area (Å²) in [6.45, 7) is 2.25. The molecule has 2 aromatic rings. The number of piperidine rings is 1. The maximum absolute atomic E-state index is 8.86. The van der Waals surface area contributed by atoms with Gasteiger partial charge < -0.3 is 9.64 Å². The highest BCUT2D eigenvalue weighted by molar-refractivity contribution is 5.62. The van der Waals surface area contributed by atoms with Gasteiger partial charge in [0.1, 0.15) is 6.10 Å². The number of ether oxygens (including phenoxy) is 1. The van der Waals surface area contributed by atoms with Crippen LogP contribution in [-0.2, 0) is 0 Å². The Hall–Kier alpha value is -2.45. The average molecular weight is 334 g/mol. The Morgan fingerprint density at radius 3 is 2.20 bits per heavy atom. The first-order valence-electron chi connectivity index (χ1n) is 9.05. The fourth-order valence-electron chi connectivity index (χ4n) is 3.52. The number of aromatic nitrogens is 2. The Morgan fingerprint density at radius 1 is 0.960 bits per heavy atom. The van der Waals surface area contributed by atoms with Crippen LogP contribution >= 0.6 is 0 Å². The third-order valence-electron chi connectivity index (χ3n) is 5.32. The molecule has 1 aliphatic heterocycles. The van der Waals surface area contributed by atoms with Gasteiger partial charge in [-0.1, -0.05) is 18.6 Å². The summed E-state index contributed by atoms with van der Waals surface area (Å²) < 4.78 is 5.97. The summed E-state index contributed by atoms with van der Waals surface area (Å²) in [7, 11) is 0. The van der Waals surface area contributed by atoms with Gasteiger partial charge in [-0.2, -0.15) is 5.26 Å². The van der Waals surface area contributed by atoms with Gasteiger partial charge in [0.05, 0.1) is 11.6 Å². The van der Waals surface area contributed by atoms with Gasteiger partial charge in [0.2, 0.25) is 0 Å². The molecule has 2 heterocycles. The molecule has 2 aliphatic rings. The highest BCUT2D eigenvalue weighted by atomic mass is 16.5. The zero-order valence-electron chi connectivity index (χ0n) is 14.3. The monoisotopic (exact) mass is 334 g/mol. The fraction of sp³-hybridized carbons (Fsp3) is 0.450. The predicted octanol–water partition coefficient (Wildman–Crippen LogP) is 3.41. The standard InChI is InChI=1S/C20H22N4O/c21-12-15-4-6-16(7-5-15)17-13-22-20(23-14-17)25-19-8-10-24(11-9-19)18-2-1-3-18/h4-7,13-14,18-19H,1-3,8-11H2. The smallest absolute Gasteiger partial charge is 0.316 e. The van der Waals surface area contributed by atoms with E-state index in [9.17, 15) is 0 Å². The Labute approximate surface area is 148 Å². The van der Waals surface area contributed by atoms with E-state index in [-0.39, 0.29) is 6.10 Å². The molecular formula is C20H22N4O. The van der Waals surface area contributed by atoms with E-state index in [0.717, 1.165) is 43.1 Å². The molecule has 0 atom stereocenters. The molecule has 0 unspecified atom stereocenters. The van der Waals surface area contributed by atoms with Crippen LogP contribution in [-0.4, -0.2) is 40.1 Å². The molecule has 1 aromatic carbocycles. The van der Waals surface area contributed by atoms with E-state index in [1.807, 2.05) is 12.1 Å². The summed E-state index contributed by atoms with van der Waals surface area (Å²) in [6, 6.07) is 10.8. The number of nitrogens with zero attached hydrogens (tertiary/aromatic N) is 4. The zero-order valence-corrected chi connectivity index (χ0v) is 14.3. The number of rotatable bonds is 4. The topological polar surface area (TPSA) is 62.0 Å². The van der Waals surface area contributed by atoms with Crippen molar-refractivity contribution in [2.45, 2.75) is 44.2 Å². The van der Waals surface area contributed by atoms with E-state index in [1.54, 1.807) is 24.5 Å². The first kappa shape index (κ1) is 16.0. The lowest BCUT2D eigenvalue weighted by Crippen LogP contribution is -2.46. The minimum atomic E-state index is 0.220. The molecule has 2 fully saturated rings. The molecule has 1 aliphatic carbocycles. The molecule has 0 bridgehead atoms. The summed E-state index contributed by atoms with van der Waals surface area (Å²) in [4.78, 5) is 11.3. The van der Waals surface area contributed by atoms with E-state index < -0.39 is 0 Å². The van der Waals surface area contributed by atoms with Crippen LogP contribution in [0.3, 0.4) is 0 Å². The average Bonchev–Trinajstić information content (AvgIpc) is 2.63. The molecule has 0 spiro atoms. The van der Waals surface area contributed by atoms with Gasteiger partial charge in [0, 0.05) is 37.1 Å². The molecule has 0 radical (unpaired) electrons. The number of benzene rings is 1. The quantitative estimate of drug-likeness (QED) is 0.857. The normalized spacial score (nSPS) is 19.2. The summed E-state index contributed by atoms with van der Waals surface area (Å²) in [5.41, 5.74) is 2.58. The molecule has 0 amide bonds. The maximum atomic E-state index is 8.86. The van der Waals surface area contributed by atoms with Crippen molar-refractivity contribution in [3.63, 3.8) is 0 Å². The maximum Gasteiger partial charge on any atom is 0.316 e. The fourth-order valence-corrected chi connectivity index (χ4v) is 3.52. The summed E-state index contributed by atoms with van der Waals surface area (Å²) in [5, 5.41) is 8.86. The van der Waals surface area contributed by atoms with E-state index >= 15 is 0 Å². The highest BCUT2D eigenvalue weighted by Crippen LogP contribution is 2.28. The number of hydrogen-bond acceptors (Lipinski definition) is 5. The number of nitriles is 1. The molecule has 4 rings (SSSR count). The molecule has 0 N–H and O–H groups in total. The van der Waals surface area contributed by atoms with Gasteiger partial charge >= 0.3 is 6.01 Å². The second kappa shape index (κ2) is 7.20. The first-order chi connectivity index (χ1) is 12.3. The lowest BCUT2D eigenvalue weighted by molar-refractivity contribution is 0.0454. The summed E-state index contributed by atoms with van der Waals surface area (Å²) in [6.07, 6.45) is 10.0. The van der Waals surface area contributed by atoms with E-state index in [1.165, 1.54) is 19.3 Å². The molecule has 5 heteroatoms. The molecule has 1 saturated carbocycles. The second-order valence-corrected chi connectivity index (χ2v) is 6.88. The van der Waals surface area contributed by atoms with Crippen LogP contribution < -0.4 is 4.74 Å². The first-order valence-corrected chi connectivity index (χ1v) is 9.05. The van der Waals surface area contributed by atoms with Crippen LogP contribution in [0.15, 0.2) is 36.7 Å². The van der Waals surface area contributed by atoms with Crippen molar-refractivity contribution in [3.8, 4) is 23.2 Å². The van der Waals surface area contributed by atoms with Crippen LogP contribution in [0.25, 0.3) is 11.1 Å². The van der Waals surface area contributed by atoms with Crippen LogP contribution in [0.1, 0.15) is 37.7 Å². The third-order valence-corrected chi connectivity index (χ3v) is 5.32. The van der Waals surface area contributed by atoms with Gasteiger partial charge in [0.25, 0.3) is 0 Å². The predicted molar refractivity (Wildman–Crippen MR) is 95.0 cm³/mol. The lowest BCUT2D eigenvalue weighted by atomic mass is 9.90. The molecular weight excluding hydrogens is 312 g/mol. The minimum Gasteiger partial charge on any atom is -0.460 e. The lowest BCUT2D eigenvalue weighted by Gasteiger charge is -2.41. The molecule has 1 saturated heterocycles. The summed E-state index contributed by atoms with van der Waals surface area (Å²) >= 11 is 0.